The fraction of sp³-hybridized carbons (Fsp3) is 0.150. The number of hydrogen-bond acceptors (Lipinski definition) is 4. The van der Waals surface area contributed by atoms with Crippen molar-refractivity contribution in [2.45, 2.75) is 19.3 Å². The highest BCUT2D eigenvalue weighted by atomic mass is 35.5. The Hall–Kier alpha value is -3.12. The molecule has 0 fully saturated rings. The molecule has 2 aromatic rings. The summed E-state index contributed by atoms with van der Waals surface area (Å²) in [6.45, 7) is 3.64. The zero-order valence-corrected chi connectivity index (χ0v) is 15.4. The first-order chi connectivity index (χ1) is 13.0. The van der Waals surface area contributed by atoms with Gasteiger partial charge in [-0.15, -0.1) is 6.58 Å². The molecule has 2 rings (SSSR count). The van der Waals surface area contributed by atoms with Crippen molar-refractivity contribution in [2.75, 3.05) is 5.32 Å². The SMILES string of the molecule is C=CCc1cccc(/C=N/NC(=O)CCC(=O)Nc2ccc(Cl)cc2)c1O. The molecule has 2 amide bonds. The first-order valence-corrected chi connectivity index (χ1v) is 8.66. The molecule has 2 aromatic carbocycles. The maximum absolute atomic E-state index is 11.8. The number of hydrogen-bond donors (Lipinski definition) is 3. The van der Waals surface area contributed by atoms with Crippen molar-refractivity contribution < 1.29 is 14.7 Å². The molecule has 0 aliphatic rings. The van der Waals surface area contributed by atoms with E-state index in [0.29, 0.717) is 22.7 Å². The number of hydrazone groups is 1. The number of phenols is 1. The molecule has 0 atom stereocenters. The van der Waals surface area contributed by atoms with Crippen molar-refractivity contribution in [2.24, 2.45) is 5.10 Å². The van der Waals surface area contributed by atoms with Crippen LogP contribution in [-0.2, 0) is 16.0 Å². The number of amides is 2. The van der Waals surface area contributed by atoms with Crippen molar-refractivity contribution in [3.63, 3.8) is 0 Å². The van der Waals surface area contributed by atoms with Crippen molar-refractivity contribution in [3.8, 4) is 5.75 Å². The van der Waals surface area contributed by atoms with Gasteiger partial charge in [0.2, 0.25) is 11.8 Å². The van der Waals surface area contributed by atoms with E-state index in [1.807, 2.05) is 0 Å². The molecule has 0 saturated heterocycles. The van der Waals surface area contributed by atoms with Crippen LogP contribution in [0.4, 0.5) is 5.69 Å². The molecule has 0 unspecified atom stereocenters. The van der Waals surface area contributed by atoms with Crippen LogP contribution in [0.15, 0.2) is 60.2 Å². The summed E-state index contributed by atoms with van der Waals surface area (Å²) in [4.78, 5) is 23.6. The van der Waals surface area contributed by atoms with Crippen LogP contribution in [0.1, 0.15) is 24.0 Å². The van der Waals surface area contributed by atoms with E-state index in [-0.39, 0.29) is 24.5 Å². The van der Waals surface area contributed by atoms with Crippen LogP contribution in [-0.4, -0.2) is 23.1 Å². The van der Waals surface area contributed by atoms with Gasteiger partial charge in [0.1, 0.15) is 5.75 Å². The summed E-state index contributed by atoms with van der Waals surface area (Å²) >= 11 is 5.78. The molecule has 0 bridgehead atoms. The predicted octanol–water partition coefficient (Wildman–Crippen LogP) is 3.64. The first kappa shape index (κ1) is 20.2. The molecular formula is C20H20ClN3O3. The number of nitrogens with zero attached hydrogens (tertiary/aromatic N) is 1. The van der Waals surface area contributed by atoms with Gasteiger partial charge in [-0.25, -0.2) is 5.43 Å². The summed E-state index contributed by atoms with van der Waals surface area (Å²) in [5, 5.41) is 17.2. The van der Waals surface area contributed by atoms with Crippen molar-refractivity contribution in [3.05, 3.63) is 71.3 Å². The fourth-order valence-corrected chi connectivity index (χ4v) is 2.38. The second-order valence-corrected chi connectivity index (χ2v) is 6.13. The van der Waals surface area contributed by atoms with Crippen molar-refractivity contribution >= 4 is 35.3 Å². The second-order valence-electron chi connectivity index (χ2n) is 5.70. The van der Waals surface area contributed by atoms with Crippen LogP contribution < -0.4 is 10.7 Å². The number of anilines is 1. The van der Waals surface area contributed by atoms with Crippen molar-refractivity contribution in [1.82, 2.24) is 5.43 Å². The van der Waals surface area contributed by atoms with Crippen LogP contribution >= 0.6 is 11.6 Å². The number of benzene rings is 2. The van der Waals surface area contributed by atoms with Gasteiger partial charge >= 0.3 is 0 Å². The quantitative estimate of drug-likeness (QED) is 0.368. The largest absolute Gasteiger partial charge is 0.507 e. The molecule has 0 aliphatic heterocycles. The number of halogens is 1. The molecule has 0 radical (unpaired) electrons. The number of nitrogens with one attached hydrogen (secondary N) is 2. The topological polar surface area (TPSA) is 90.8 Å². The standard InChI is InChI=1S/C20H20ClN3O3/c1-2-4-14-5-3-6-15(20(14)27)13-22-24-19(26)12-11-18(25)23-17-9-7-16(21)8-10-17/h2-3,5-10,13,27H,1,4,11-12H2,(H,23,25)(H,24,26)/b22-13+. The van der Waals surface area contributed by atoms with Gasteiger partial charge < -0.3 is 10.4 Å². The highest BCUT2D eigenvalue weighted by Crippen LogP contribution is 2.21. The molecule has 0 aliphatic carbocycles. The minimum Gasteiger partial charge on any atom is -0.507 e. The van der Waals surface area contributed by atoms with Gasteiger partial charge in [-0.2, -0.15) is 5.10 Å². The summed E-state index contributed by atoms with van der Waals surface area (Å²) in [7, 11) is 0. The van der Waals surface area contributed by atoms with E-state index < -0.39 is 5.91 Å². The van der Waals surface area contributed by atoms with Crippen LogP contribution in [0, 0.1) is 0 Å². The Kier molecular flexibility index (Phi) is 7.58. The maximum Gasteiger partial charge on any atom is 0.240 e. The minimum atomic E-state index is -0.403. The Bertz CT molecular complexity index is 848. The van der Waals surface area contributed by atoms with Gasteiger partial charge in [-0.3, -0.25) is 9.59 Å². The number of carbonyl (C=O) groups is 2. The van der Waals surface area contributed by atoms with Crippen molar-refractivity contribution in [1.29, 1.82) is 0 Å². The third kappa shape index (κ3) is 6.60. The zero-order valence-electron chi connectivity index (χ0n) is 14.6. The number of carbonyl (C=O) groups excluding carboxylic acids is 2. The molecule has 0 heterocycles. The van der Waals surface area contributed by atoms with Gasteiger partial charge in [0.05, 0.1) is 6.21 Å². The van der Waals surface area contributed by atoms with Gasteiger partial charge in [0.25, 0.3) is 0 Å². The summed E-state index contributed by atoms with van der Waals surface area (Å²) in [6.07, 6.45) is 3.58. The fourth-order valence-electron chi connectivity index (χ4n) is 2.25. The third-order valence-corrected chi connectivity index (χ3v) is 3.87. The molecule has 27 heavy (non-hydrogen) atoms. The molecule has 7 heteroatoms. The zero-order chi connectivity index (χ0) is 19.6. The molecule has 0 spiro atoms. The van der Waals surface area contributed by atoms with Crippen LogP contribution in [0.2, 0.25) is 5.02 Å². The lowest BCUT2D eigenvalue weighted by molar-refractivity contribution is -0.124. The summed E-state index contributed by atoms with van der Waals surface area (Å²) in [5.74, 6) is -0.594. The first-order valence-electron chi connectivity index (χ1n) is 8.28. The molecule has 3 N–H and O–H groups in total. The molecule has 0 aromatic heterocycles. The van der Waals surface area contributed by atoms with Crippen LogP contribution in [0.25, 0.3) is 0 Å². The number of para-hydroxylation sites is 1. The van der Waals surface area contributed by atoms with Gasteiger partial charge in [0, 0.05) is 29.1 Å². The summed E-state index contributed by atoms with van der Waals surface area (Å²) in [5.41, 5.74) is 4.15. The van der Waals surface area contributed by atoms with E-state index in [2.05, 4.69) is 22.4 Å². The summed E-state index contributed by atoms with van der Waals surface area (Å²) in [6, 6.07) is 11.9. The lowest BCUT2D eigenvalue weighted by atomic mass is 10.1. The maximum atomic E-state index is 11.8. The lowest BCUT2D eigenvalue weighted by Crippen LogP contribution is -2.20. The monoisotopic (exact) mass is 385 g/mol. The van der Waals surface area contributed by atoms with E-state index >= 15 is 0 Å². The molecule has 6 nitrogen and oxygen atoms in total. The smallest absolute Gasteiger partial charge is 0.240 e. The third-order valence-electron chi connectivity index (χ3n) is 3.62. The normalized spacial score (nSPS) is 10.6. The highest BCUT2D eigenvalue weighted by molar-refractivity contribution is 6.30. The predicted molar refractivity (Wildman–Crippen MR) is 107 cm³/mol. The van der Waals surface area contributed by atoms with E-state index in [4.69, 9.17) is 11.6 Å². The number of rotatable bonds is 8. The van der Waals surface area contributed by atoms with E-state index in [1.54, 1.807) is 48.5 Å². The molecule has 140 valence electrons. The molecular weight excluding hydrogens is 366 g/mol. The minimum absolute atomic E-state index is 0.0146. The highest BCUT2D eigenvalue weighted by Gasteiger charge is 2.07. The Labute approximate surface area is 162 Å². The van der Waals surface area contributed by atoms with Crippen LogP contribution in [0.3, 0.4) is 0 Å². The summed E-state index contributed by atoms with van der Waals surface area (Å²) < 4.78 is 0. The Morgan fingerprint density at radius 1 is 1.11 bits per heavy atom. The van der Waals surface area contributed by atoms with E-state index in [0.717, 1.165) is 5.56 Å². The Morgan fingerprint density at radius 2 is 1.81 bits per heavy atom. The Morgan fingerprint density at radius 3 is 2.52 bits per heavy atom. The van der Waals surface area contributed by atoms with E-state index in [9.17, 15) is 14.7 Å². The van der Waals surface area contributed by atoms with Gasteiger partial charge in [-0.1, -0.05) is 29.8 Å². The number of aromatic hydroxyl groups is 1. The average Bonchev–Trinajstić information content (AvgIpc) is 2.65. The number of allylic oxidation sites excluding steroid dienone is 1. The molecule has 0 saturated carbocycles. The van der Waals surface area contributed by atoms with Gasteiger partial charge in [0.15, 0.2) is 0 Å². The second kappa shape index (κ2) is 10.1. The van der Waals surface area contributed by atoms with E-state index in [1.165, 1.54) is 6.21 Å². The average molecular weight is 386 g/mol. The van der Waals surface area contributed by atoms with Gasteiger partial charge in [-0.05, 0) is 42.3 Å². The van der Waals surface area contributed by atoms with Crippen LogP contribution in [0.5, 0.6) is 5.75 Å². The Balaban J connectivity index is 1.79. The number of phenolic OH excluding ortho intramolecular Hbond substituents is 1. The lowest BCUT2D eigenvalue weighted by Gasteiger charge is -2.05.